The molecule has 1 N–H and O–H groups in total. The van der Waals surface area contributed by atoms with Crippen LogP contribution in [0, 0.1) is 32.6 Å². The minimum atomic E-state index is -0.420. The van der Waals surface area contributed by atoms with E-state index in [-0.39, 0.29) is 6.10 Å². The Labute approximate surface area is 155 Å². The summed E-state index contributed by atoms with van der Waals surface area (Å²) in [4.78, 5) is 11.2. The van der Waals surface area contributed by atoms with E-state index in [0.29, 0.717) is 11.8 Å². The van der Waals surface area contributed by atoms with E-state index >= 15 is 0 Å². The van der Waals surface area contributed by atoms with Gasteiger partial charge < -0.3 is 14.7 Å². The molecule has 5 nitrogen and oxygen atoms in total. The Bertz CT molecular complexity index is 795. The maximum atomic E-state index is 10.6. The van der Waals surface area contributed by atoms with E-state index in [1.165, 1.54) is 5.69 Å². The Balaban J connectivity index is 1.46. The average molecular weight is 353 g/mol. The van der Waals surface area contributed by atoms with Crippen LogP contribution < -0.4 is 9.64 Å². The van der Waals surface area contributed by atoms with E-state index in [0.717, 1.165) is 48.8 Å². The van der Waals surface area contributed by atoms with Gasteiger partial charge in [-0.3, -0.25) is 9.97 Å². The lowest BCUT2D eigenvalue weighted by Gasteiger charge is -2.35. The summed E-state index contributed by atoms with van der Waals surface area (Å²) in [5, 5.41) is 10.6. The van der Waals surface area contributed by atoms with Gasteiger partial charge in [-0.1, -0.05) is 0 Å². The molecule has 3 heterocycles. The van der Waals surface area contributed by atoms with E-state index in [9.17, 15) is 5.11 Å². The molecule has 0 unspecified atom stereocenters. The fraction of sp³-hybridized carbons (Fsp3) is 0.524. The lowest BCUT2D eigenvalue weighted by atomic mass is 9.78. The van der Waals surface area contributed by atoms with E-state index < -0.39 is 6.10 Å². The van der Waals surface area contributed by atoms with Crippen LogP contribution in [-0.2, 0) is 0 Å². The number of rotatable bonds is 3. The Morgan fingerprint density at radius 1 is 1.04 bits per heavy atom. The largest absolute Gasteiger partial charge is 0.486 e. The van der Waals surface area contributed by atoms with Crippen molar-refractivity contribution < 1.29 is 9.84 Å². The first kappa shape index (κ1) is 17.3. The summed E-state index contributed by atoms with van der Waals surface area (Å²) in [6, 6.07) is 8.15. The van der Waals surface area contributed by atoms with Gasteiger partial charge in [-0.05, 0) is 69.7 Å². The van der Waals surface area contributed by atoms with Gasteiger partial charge in [0.2, 0.25) is 0 Å². The van der Waals surface area contributed by atoms with E-state index in [1.807, 2.05) is 39.1 Å². The van der Waals surface area contributed by atoms with Crippen molar-refractivity contribution in [2.45, 2.75) is 45.8 Å². The van der Waals surface area contributed by atoms with Crippen molar-refractivity contribution in [1.29, 1.82) is 0 Å². The minimum Gasteiger partial charge on any atom is -0.486 e. The normalized spacial score (nSPS) is 28.1. The average Bonchev–Trinajstić information content (AvgIpc) is 3.00. The van der Waals surface area contributed by atoms with Crippen LogP contribution in [-0.4, -0.2) is 40.4 Å². The number of ether oxygens (including phenoxy) is 1. The molecule has 0 radical (unpaired) electrons. The van der Waals surface area contributed by atoms with Gasteiger partial charge in [-0.15, -0.1) is 0 Å². The van der Waals surface area contributed by atoms with Crippen molar-refractivity contribution >= 4 is 5.69 Å². The number of aliphatic hydroxyl groups excluding tert-OH is 1. The number of aryl methyl sites for hydroxylation is 3. The highest BCUT2D eigenvalue weighted by Crippen LogP contribution is 2.39. The molecule has 138 valence electrons. The molecule has 1 saturated carbocycles. The zero-order valence-electron chi connectivity index (χ0n) is 15.7. The molecule has 0 spiro atoms. The Morgan fingerprint density at radius 2 is 1.81 bits per heavy atom. The van der Waals surface area contributed by atoms with Crippen LogP contribution in [0.2, 0.25) is 0 Å². The maximum absolute atomic E-state index is 10.6. The second-order valence-electron chi connectivity index (χ2n) is 7.81. The number of fused-ring (bicyclic) bond motifs is 1. The fourth-order valence-corrected chi connectivity index (χ4v) is 4.42. The summed E-state index contributed by atoms with van der Waals surface area (Å²) < 4.78 is 6.18. The van der Waals surface area contributed by atoms with E-state index in [2.05, 4.69) is 27.0 Å². The Kier molecular flexibility index (Phi) is 4.57. The number of anilines is 1. The molecule has 0 bridgehead atoms. The van der Waals surface area contributed by atoms with Crippen LogP contribution >= 0.6 is 0 Å². The topological polar surface area (TPSA) is 58.5 Å². The molecule has 2 fully saturated rings. The molecule has 26 heavy (non-hydrogen) atoms. The second kappa shape index (κ2) is 6.88. The second-order valence-corrected chi connectivity index (χ2v) is 7.81. The predicted molar refractivity (Wildman–Crippen MR) is 102 cm³/mol. The van der Waals surface area contributed by atoms with Crippen LogP contribution in [0.15, 0.2) is 30.5 Å². The quantitative estimate of drug-likeness (QED) is 0.919. The molecular formula is C21H27N3O2. The molecule has 2 aliphatic rings. The molecule has 5 heteroatoms. The summed E-state index contributed by atoms with van der Waals surface area (Å²) in [7, 11) is 0. The third-order valence-corrected chi connectivity index (χ3v) is 5.79. The zero-order valence-corrected chi connectivity index (χ0v) is 15.7. The molecular weight excluding hydrogens is 326 g/mol. The molecule has 0 amide bonds. The van der Waals surface area contributed by atoms with Crippen molar-refractivity contribution in [2.24, 2.45) is 11.8 Å². The first-order valence-electron chi connectivity index (χ1n) is 9.46. The number of hydrogen-bond donors (Lipinski definition) is 1. The third-order valence-electron chi connectivity index (χ3n) is 5.79. The number of hydrogen-bond acceptors (Lipinski definition) is 5. The highest BCUT2D eigenvalue weighted by molar-refractivity contribution is 5.47. The van der Waals surface area contributed by atoms with Crippen LogP contribution in [0.5, 0.6) is 5.75 Å². The number of aliphatic hydroxyl groups is 1. The minimum absolute atomic E-state index is 0.154. The number of nitrogens with zero attached hydrogens (tertiary/aromatic N) is 3. The molecule has 2 aromatic heterocycles. The van der Waals surface area contributed by atoms with Crippen LogP contribution in [0.1, 0.15) is 29.9 Å². The molecule has 1 aliphatic carbocycles. The lowest BCUT2D eigenvalue weighted by molar-refractivity contribution is -0.0236. The molecule has 0 aromatic carbocycles. The van der Waals surface area contributed by atoms with Crippen LogP contribution in [0.25, 0.3) is 0 Å². The Morgan fingerprint density at radius 3 is 2.54 bits per heavy atom. The van der Waals surface area contributed by atoms with Gasteiger partial charge in [-0.25, -0.2) is 0 Å². The van der Waals surface area contributed by atoms with Gasteiger partial charge in [0, 0.05) is 36.4 Å². The Hall–Kier alpha value is -2.14. The van der Waals surface area contributed by atoms with Crippen molar-refractivity contribution in [2.75, 3.05) is 18.0 Å². The smallest absolute Gasteiger partial charge is 0.141 e. The molecule has 1 saturated heterocycles. The first-order valence-corrected chi connectivity index (χ1v) is 9.46. The summed E-state index contributed by atoms with van der Waals surface area (Å²) in [6.07, 6.45) is 2.99. The summed E-state index contributed by atoms with van der Waals surface area (Å²) in [5.74, 6) is 1.86. The molecule has 4 atom stereocenters. The molecule has 4 rings (SSSR count). The number of aromatic nitrogens is 2. The summed E-state index contributed by atoms with van der Waals surface area (Å²) in [6.45, 7) is 7.99. The van der Waals surface area contributed by atoms with Gasteiger partial charge in [-0.2, -0.15) is 0 Å². The van der Waals surface area contributed by atoms with Crippen molar-refractivity contribution in [3.05, 3.63) is 47.5 Å². The zero-order chi connectivity index (χ0) is 18.3. The molecule has 2 aromatic rings. The van der Waals surface area contributed by atoms with Crippen molar-refractivity contribution in [3.8, 4) is 5.75 Å². The SMILES string of the molecule is Cc1cc(N2C[C@H]3C[C@@H](Oc4ccc(C)nc4C)[C@H](O)C[C@H]3C2)ccn1. The highest BCUT2D eigenvalue weighted by atomic mass is 16.5. The molecule has 1 aliphatic heterocycles. The lowest BCUT2D eigenvalue weighted by Crippen LogP contribution is -2.42. The number of pyridine rings is 2. The van der Waals surface area contributed by atoms with E-state index in [4.69, 9.17) is 4.74 Å². The van der Waals surface area contributed by atoms with Gasteiger partial charge in [0.05, 0.1) is 11.8 Å². The van der Waals surface area contributed by atoms with Crippen LogP contribution in [0.4, 0.5) is 5.69 Å². The van der Waals surface area contributed by atoms with Gasteiger partial charge >= 0.3 is 0 Å². The first-order chi connectivity index (χ1) is 12.5. The highest BCUT2D eigenvalue weighted by Gasteiger charge is 2.42. The van der Waals surface area contributed by atoms with Gasteiger partial charge in [0.25, 0.3) is 0 Å². The predicted octanol–water partition coefficient (Wildman–Crippen LogP) is 3.06. The summed E-state index contributed by atoms with van der Waals surface area (Å²) >= 11 is 0. The fourth-order valence-electron chi connectivity index (χ4n) is 4.42. The van der Waals surface area contributed by atoms with E-state index in [1.54, 1.807) is 0 Å². The monoisotopic (exact) mass is 353 g/mol. The summed E-state index contributed by atoms with van der Waals surface area (Å²) in [5.41, 5.74) is 4.15. The maximum Gasteiger partial charge on any atom is 0.141 e. The third kappa shape index (κ3) is 3.40. The van der Waals surface area contributed by atoms with Crippen molar-refractivity contribution in [1.82, 2.24) is 9.97 Å². The van der Waals surface area contributed by atoms with Gasteiger partial charge in [0.1, 0.15) is 11.9 Å². The van der Waals surface area contributed by atoms with Gasteiger partial charge in [0.15, 0.2) is 0 Å². The van der Waals surface area contributed by atoms with Crippen LogP contribution in [0.3, 0.4) is 0 Å². The standard InChI is InChI=1S/C21H27N3O2/c1-13-4-5-20(15(3)23-13)26-21-10-17-12-24(11-16(17)9-19(21)25)18-6-7-22-14(2)8-18/h4-8,16-17,19,21,25H,9-12H2,1-3H3/t16-,17+,19+,21+/m0/s1. The van der Waals surface area contributed by atoms with Crippen molar-refractivity contribution in [3.63, 3.8) is 0 Å².